The van der Waals surface area contributed by atoms with Gasteiger partial charge in [0.2, 0.25) is 0 Å². The lowest BCUT2D eigenvalue weighted by Crippen LogP contribution is -2.69. The summed E-state index contributed by atoms with van der Waals surface area (Å²) < 4.78 is 2.06. The molecule has 112 valence electrons. The van der Waals surface area contributed by atoms with Crippen LogP contribution >= 0.6 is 0 Å². The van der Waals surface area contributed by atoms with Crippen molar-refractivity contribution >= 4 is 0 Å². The Labute approximate surface area is 122 Å². The van der Waals surface area contributed by atoms with Gasteiger partial charge in [-0.05, 0) is 32.8 Å². The van der Waals surface area contributed by atoms with Crippen LogP contribution in [-0.2, 0) is 6.54 Å². The van der Waals surface area contributed by atoms with Gasteiger partial charge in [0.25, 0.3) is 0 Å². The van der Waals surface area contributed by atoms with Crippen LogP contribution in [0.15, 0.2) is 18.5 Å². The van der Waals surface area contributed by atoms with Crippen molar-refractivity contribution in [3.63, 3.8) is 0 Å². The van der Waals surface area contributed by atoms with E-state index in [1.165, 1.54) is 32.1 Å². The summed E-state index contributed by atoms with van der Waals surface area (Å²) in [5.74, 6) is 0. The van der Waals surface area contributed by atoms with Crippen molar-refractivity contribution in [1.82, 2.24) is 20.0 Å². The number of nitrogens with zero attached hydrogens (tertiary/aromatic N) is 3. The zero-order valence-electron chi connectivity index (χ0n) is 12.9. The molecule has 1 saturated heterocycles. The molecular weight excluding hydrogens is 248 g/mol. The second-order valence-corrected chi connectivity index (χ2v) is 7.21. The van der Waals surface area contributed by atoms with E-state index in [0.717, 1.165) is 26.2 Å². The van der Waals surface area contributed by atoms with E-state index in [1.807, 2.05) is 12.3 Å². The van der Waals surface area contributed by atoms with Crippen LogP contribution in [0.5, 0.6) is 0 Å². The first kappa shape index (κ1) is 14.1. The molecule has 1 spiro atoms. The number of piperazine rings is 1. The van der Waals surface area contributed by atoms with Crippen LogP contribution in [0, 0.1) is 0 Å². The number of hydrogen-bond acceptors (Lipinski definition) is 3. The third-order valence-electron chi connectivity index (χ3n) is 5.10. The van der Waals surface area contributed by atoms with Crippen LogP contribution in [0.2, 0.25) is 0 Å². The van der Waals surface area contributed by atoms with Crippen LogP contribution in [0.1, 0.15) is 46.0 Å². The predicted molar refractivity (Wildman–Crippen MR) is 81.7 cm³/mol. The van der Waals surface area contributed by atoms with E-state index in [0.29, 0.717) is 5.54 Å². The van der Waals surface area contributed by atoms with Crippen LogP contribution < -0.4 is 5.32 Å². The number of aromatic nitrogens is 2. The van der Waals surface area contributed by atoms with E-state index in [-0.39, 0.29) is 5.54 Å². The van der Waals surface area contributed by atoms with Crippen molar-refractivity contribution in [3.8, 4) is 0 Å². The molecule has 0 atom stereocenters. The van der Waals surface area contributed by atoms with Gasteiger partial charge < -0.3 is 5.32 Å². The molecule has 1 aliphatic heterocycles. The zero-order valence-corrected chi connectivity index (χ0v) is 12.9. The van der Waals surface area contributed by atoms with Gasteiger partial charge in [0.15, 0.2) is 0 Å². The maximum Gasteiger partial charge on any atom is 0.0536 e. The molecule has 2 aliphatic rings. The quantitative estimate of drug-likeness (QED) is 0.919. The summed E-state index contributed by atoms with van der Waals surface area (Å²) in [6.45, 7) is 9.07. The minimum atomic E-state index is 0.229. The van der Waals surface area contributed by atoms with Crippen molar-refractivity contribution in [2.75, 3.05) is 19.6 Å². The van der Waals surface area contributed by atoms with Crippen LogP contribution in [-0.4, -0.2) is 45.4 Å². The fourth-order valence-corrected chi connectivity index (χ4v) is 3.89. The van der Waals surface area contributed by atoms with E-state index < -0.39 is 0 Å². The van der Waals surface area contributed by atoms with Gasteiger partial charge in [-0.2, -0.15) is 5.10 Å². The molecule has 1 aromatic rings. The summed E-state index contributed by atoms with van der Waals surface area (Å²) in [6, 6.07) is 2.01. The van der Waals surface area contributed by atoms with Gasteiger partial charge in [-0.15, -0.1) is 0 Å². The molecule has 0 unspecified atom stereocenters. The first-order valence-electron chi connectivity index (χ1n) is 8.07. The predicted octanol–water partition coefficient (Wildman–Crippen LogP) is 2.27. The Balaban J connectivity index is 1.71. The molecule has 4 nitrogen and oxygen atoms in total. The van der Waals surface area contributed by atoms with E-state index >= 15 is 0 Å². The second kappa shape index (κ2) is 5.49. The summed E-state index contributed by atoms with van der Waals surface area (Å²) in [7, 11) is 0. The minimum Gasteiger partial charge on any atom is -0.309 e. The molecule has 1 aliphatic carbocycles. The van der Waals surface area contributed by atoms with E-state index in [1.54, 1.807) is 0 Å². The lowest BCUT2D eigenvalue weighted by atomic mass is 9.77. The second-order valence-electron chi connectivity index (χ2n) is 7.21. The van der Waals surface area contributed by atoms with Gasteiger partial charge in [-0.3, -0.25) is 9.58 Å². The van der Waals surface area contributed by atoms with Gasteiger partial charge in [-0.25, -0.2) is 0 Å². The zero-order chi connectivity index (χ0) is 14.1. The topological polar surface area (TPSA) is 33.1 Å². The lowest BCUT2D eigenvalue weighted by molar-refractivity contribution is -0.0125. The Kier molecular flexibility index (Phi) is 3.87. The van der Waals surface area contributed by atoms with Gasteiger partial charge >= 0.3 is 0 Å². The molecule has 0 amide bonds. The molecule has 4 heteroatoms. The lowest BCUT2D eigenvalue weighted by Gasteiger charge is -2.54. The number of rotatable bonds is 3. The summed E-state index contributed by atoms with van der Waals surface area (Å²) in [6.07, 6.45) is 10.8. The maximum absolute atomic E-state index is 4.34. The Morgan fingerprint density at radius 2 is 1.95 bits per heavy atom. The molecule has 1 aromatic heterocycles. The fourth-order valence-electron chi connectivity index (χ4n) is 3.89. The Morgan fingerprint density at radius 3 is 2.65 bits per heavy atom. The Morgan fingerprint density at radius 1 is 1.15 bits per heavy atom. The molecule has 3 rings (SSSR count). The summed E-state index contributed by atoms with van der Waals surface area (Å²) >= 11 is 0. The van der Waals surface area contributed by atoms with Gasteiger partial charge in [0.05, 0.1) is 6.54 Å². The highest BCUT2D eigenvalue weighted by Gasteiger charge is 2.44. The van der Waals surface area contributed by atoms with Crippen LogP contribution in [0.25, 0.3) is 0 Å². The van der Waals surface area contributed by atoms with Crippen LogP contribution in [0.4, 0.5) is 0 Å². The van der Waals surface area contributed by atoms with E-state index in [9.17, 15) is 0 Å². The molecule has 1 N–H and O–H groups in total. The molecule has 0 aromatic carbocycles. The van der Waals surface area contributed by atoms with Crippen molar-refractivity contribution < 1.29 is 0 Å². The largest absolute Gasteiger partial charge is 0.309 e. The van der Waals surface area contributed by atoms with Gasteiger partial charge in [-0.1, -0.05) is 19.3 Å². The standard InChI is InChI=1S/C16H28N4/c1-15(2)14-19(11-12-20-10-6-9-18-20)16(13-17-15)7-4-3-5-8-16/h6,9-10,17H,3-5,7-8,11-14H2,1-2H3. The van der Waals surface area contributed by atoms with Crippen molar-refractivity contribution in [3.05, 3.63) is 18.5 Å². The number of hydrogen-bond donors (Lipinski definition) is 1. The molecule has 0 bridgehead atoms. The first-order chi connectivity index (χ1) is 9.60. The molecular formula is C16H28N4. The smallest absolute Gasteiger partial charge is 0.0536 e. The first-order valence-corrected chi connectivity index (χ1v) is 8.07. The van der Waals surface area contributed by atoms with Gasteiger partial charge in [0.1, 0.15) is 0 Å². The molecule has 1 saturated carbocycles. The third kappa shape index (κ3) is 2.91. The average molecular weight is 276 g/mol. The fraction of sp³-hybridized carbons (Fsp3) is 0.812. The summed E-state index contributed by atoms with van der Waals surface area (Å²) in [5, 5.41) is 8.12. The molecule has 2 heterocycles. The monoisotopic (exact) mass is 276 g/mol. The highest BCUT2D eigenvalue weighted by atomic mass is 15.3. The van der Waals surface area contributed by atoms with E-state index in [2.05, 4.69) is 40.0 Å². The van der Waals surface area contributed by atoms with Crippen molar-refractivity contribution in [2.45, 2.75) is 63.6 Å². The minimum absolute atomic E-state index is 0.229. The Bertz CT molecular complexity index is 418. The highest BCUT2D eigenvalue weighted by Crippen LogP contribution is 2.36. The molecule has 0 radical (unpaired) electrons. The van der Waals surface area contributed by atoms with Crippen LogP contribution in [0.3, 0.4) is 0 Å². The van der Waals surface area contributed by atoms with Crippen molar-refractivity contribution in [1.29, 1.82) is 0 Å². The molecule has 2 fully saturated rings. The van der Waals surface area contributed by atoms with Gasteiger partial charge in [0, 0.05) is 43.1 Å². The Hall–Kier alpha value is -0.870. The SMILES string of the molecule is CC1(C)CN(CCn2cccn2)C2(CCCCC2)CN1. The van der Waals surface area contributed by atoms with E-state index in [4.69, 9.17) is 0 Å². The third-order valence-corrected chi connectivity index (χ3v) is 5.10. The molecule has 20 heavy (non-hydrogen) atoms. The summed E-state index contributed by atoms with van der Waals surface area (Å²) in [4.78, 5) is 2.75. The normalized spacial score (nSPS) is 25.9. The average Bonchev–Trinajstić information content (AvgIpc) is 2.95. The van der Waals surface area contributed by atoms with Crippen molar-refractivity contribution in [2.24, 2.45) is 0 Å². The highest BCUT2D eigenvalue weighted by molar-refractivity contribution is 5.03. The summed E-state index contributed by atoms with van der Waals surface area (Å²) in [5.41, 5.74) is 0.633. The maximum atomic E-state index is 4.34. The number of nitrogens with one attached hydrogen (secondary N) is 1.